The number of nitrogens with one attached hydrogen (secondary N) is 1. The predicted molar refractivity (Wildman–Crippen MR) is 66.0 cm³/mol. The second-order valence-corrected chi connectivity index (χ2v) is 4.57. The van der Waals surface area contributed by atoms with E-state index in [1.807, 2.05) is 11.8 Å². The minimum Gasteiger partial charge on any atom is -0.340 e. The van der Waals surface area contributed by atoms with E-state index in [1.54, 1.807) is 6.92 Å². The van der Waals surface area contributed by atoms with E-state index in [1.165, 1.54) is 0 Å². The summed E-state index contributed by atoms with van der Waals surface area (Å²) in [5.74, 6) is 1.17. The fourth-order valence-corrected chi connectivity index (χ4v) is 2.32. The van der Waals surface area contributed by atoms with Crippen molar-refractivity contribution in [3.8, 4) is 0 Å². The lowest BCUT2D eigenvalue weighted by molar-refractivity contribution is 0.172. The van der Waals surface area contributed by atoms with E-state index in [0.717, 1.165) is 32.2 Å². The van der Waals surface area contributed by atoms with E-state index in [2.05, 4.69) is 15.5 Å². The molecule has 1 saturated heterocycles. The molecule has 1 aromatic heterocycles. The molecule has 18 heavy (non-hydrogen) atoms. The second kappa shape index (κ2) is 5.84. The number of likely N-dealkylation sites (tertiary alicyclic amines) is 1. The van der Waals surface area contributed by atoms with Gasteiger partial charge >= 0.3 is 6.03 Å². The van der Waals surface area contributed by atoms with Crippen LogP contribution in [0.1, 0.15) is 50.4 Å². The highest BCUT2D eigenvalue weighted by Gasteiger charge is 2.29. The maximum absolute atomic E-state index is 12.1. The summed E-state index contributed by atoms with van der Waals surface area (Å²) >= 11 is 0. The minimum atomic E-state index is -0.0588. The van der Waals surface area contributed by atoms with Crippen molar-refractivity contribution in [2.75, 3.05) is 13.1 Å². The molecule has 6 heteroatoms. The smallest absolute Gasteiger partial charge is 0.318 e. The van der Waals surface area contributed by atoms with Gasteiger partial charge in [-0.25, -0.2) is 4.79 Å². The molecule has 1 unspecified atom stereocenters. The molecule has 0 bridgehead atoms. The summed E-state index contributed by atoms with van der Waals surface area (Å²) in [4.78, 5) is 18.2. The number of aryl methyl sites for hydroxylation is 1. The number of nitrogens with zero attached hydrogens (tertiary/aromatic N) is 3. The Morgan fingerprint density at radius 2 is 2.33 bits per heavy atom. The largest absolute Gasteiger partial charge is 0.340 e. The molecule has 1 fully saturated rings. The molecule has 0 spiro atoms. The Bertz CT molecular complexity index is 405. The number of hydrogen-bond acceptors (Lipinski definition) is 4. The molecular weight excluding hydrogens is 232 g/mol. The number of aromatic nitrogens is 2. The van der Waals surface area contributed by atoms with Crippen molar-refractivity contribution in [2.24, 2.45) is 0 Å². The lowest BCUT2D eigenvalue weighted by atomic mass is 10.1. The van der Waals surface area contributed by atoms with E-state index >= 15 is 0 Å². The van der Waals surface area contributed by atoms with Gasteiger partial charge < -0.3 is 14.7 Å². The Balaban J connectivity index is 2.18. The lowest BCUT2D eigenvalue weighted by Gasteiger charge is -2.27. The van der Waals surface area contributed by atoms with Gasteiger partial charge in [-0.2, -0.15) is 4.98 Å². The highest BCUT2D eigenvalue weighted by Crippen LogP contribution is 2.28. The number of urea groups is 1. The van der Waals surface area contributed by atoms with Crippen LogP contribution in [0.5, 0.6) is 0 Å². The minimum absolute atomic E-state index is 0.0353. The third-order valence-corrected chi connectivity index (χ3v) is 3.18. The number of carbonyl (C=O) groups excluding carboxylic acids is 1. The Kier molecular flexibility index (Phi) is 4.17. The zero-order valence-electron chi connectivity index (χ0n) is 11.0. The quantitative estimate of drug-likeness (QED) is 0.874. The second-order valence-electron chi connectivity index (χ2n) is 4.57. The van der Waals surface area contributed by atoms with Crippen LogP contribution >= 0.6 is 0 Å². The van der Waals surface area contributed by atoms with E-state index < -0.39 is 0 Å². The van der Waals surface area contributed by atoms with Crippen LogP contribution in [0.4, 0.5) is 4.79 Å². The van der Waals surface area contributed by atoms with Gasteiger partial charge in [0.1, 0.15) is 0 Å². The van der Waals surface area contributed by atoms with Crippen LogP contribution in [-0.4, -0.2) is 34.2 Å². The SMILES string of the molecule is CCNC(=O)N1CCCCCC1c1noc(C)n1. The van der Waals surface area contributed by atoms with Crippen LogP contribution in [0.2, 0.25) is 0 Å². The summed E-state index contributed by atoms with van der Waals surface area (Å²) in [6, 6.07) is -0.0941. The van der Waals surface area contributed by atoms with Crippen molar-refractivity contribution in [2.45, 2.75) is 45.6 Å². The van der Waals surface area contributed by atoms with Gasteiger partial charge in [0.15, 0.2) is 5.82 Å². The molecule has 0 saturated carbocycles. The summed E-state index contributed by atoms with van der Waals surface area (Å²) in [6.07, 6.45) is 4.16. The van der Waals surface area contributed by atoms with Crippen LogP contribution in [-0.2, 0) is 0 Å². The number of carbonyl (C=O) groups is 1. The predicted octanol–water partition coefficient (Wildman–Crippen LogP) is 2.02. The number of hydrogen-bond donors (Lipinski definition) is 1. The standard InChI is InChI=1S/C12H20N4O2/c1-3-13-12(17)16-8-6-4-5-7-10(16)11-14-9(2)18-15-11/h10H,3-8H2,1-2H3,(H,13,17). The number of rotatable bonds is 2. The topological polar surface area (TPSA) is 71.3 Å². The summed E-state index contributed by atoms with van der Waals surface area (Å²) in [6.45, 7) is 5.07. The third-order valence-electron chi connectivity index (χ3n) is 3.18. The van der Waals surface area contributed by atoms with Gasteiger partial charge in [-0.1, -0.05) is 18.0 Å². The van der Waals surface area contributed by atoms with Crippen molar-refractivity contribution in [3.05, 3.63) is 11.7 Å². The third kappa shape index (κ3) is 2.80. The molecule has 6 nitrogen and oxygen atoms in total. The molecule has 2 heterocycles. The summed E-state index contributed by atoms with van der Waals surface area (Å²) in [7, 11) is 0. The Morgan fingerprint density at radius 1 is 1.50 bits per heavy atom. The van der Waals surface area contributed by atoms with Crippen LogP contribution < -0.4 is 5.32 Å². The fourth-order valence-electron chi connectivity index (χ4n) is 2.32. The molecule has 1 aromatic rings. The first-order valence-electron chi connectivity index (χ1n) is 6.57. The number of amides is 2. The molecule has 2 rings (SSSR count). The molecule has 0 radical (unpaired) electrons. The average molecular weight is 252 g/mol. The molecular formula is C12H20N4O2. The average Bonchev–Trinajstić information content (AvgIpc) is 2.64. The maximum atomic E-state index is 12.1. The van der Waals surface area contributed by atoms with Crippen molar-refractivity contribution in [1.82, 2.24) is 20.4 Å². The Hall–Kier alpha value is -1.59. The van der Waals surface area contributed by atoms with Crippen LogP contribution in [0.25, 0.3) is 0 Å². The summed E-state index contributed by atoms with van der Waals surface area (Å²) < 4.78 is 5.03. The zero-order valence-corrected chi connectivity index (χ0v) is 11.0. The van der Waals surface area contributed by atoms with Crippen LogP contribution in [0.3, 0.4) is 0 Å². The molecule has 100 valence electrons. The molecule has 0 aliphatic carbocycles. The van der Waals surface area contributed by atoms with E-state index in [9.17, 15) is 4.79 Å². The highest BCUT2D eigenvalue weighted by atomic mass is 16.5. The van der Waals surface area contributed by atoms with Gasteiger partial charge in [0.2, 0.25) is 5.89 Å². The highest BCUT2D eigenvalue weighted by molar-refractivity contribution is 5.74. The van der Waals surface area contributed by atoms with Gasteiger partial charge in [0.05, 0.1) is 6.04 Å². The monoisotopic (exact) mass is 252 g/mol. The summed E-state index contributed by atoms with van der Waals surface area (Å²) in [5.41, 5.74) is 0. The zero-order chi connectivity index (χ0) is 13.0. The maximum Gasteiger partial charge on any atom is 0.318 e. The molecule has 2 amide bonds. The molecule has 1 N–H and O–H groups in total. The molecule has 0 aromatic carbocycles. The normalized spacial score (nSPS) is 20.6. The van der Waals surface area contributed by atoms with Gasteiger partial charge in [0, 0.05) is 20.0 Å². The van der Waals surface area contributed by atoms with Gasteiger partial charge in [-0.3, -0.25) is 0 Å². The van der Waals surface area contributed by atoms with E-state index in [0.29, 0.717) is 18.3 Å². The fraction of sp³-hybridized carbons (Fsp3) is 0.750. The van der Waals surface area contributed by atoms with Gasteiger partial charge in [-0.05, 0) is 19.8 Å². The lowest BCUT2D eigenvalue weighted by Crippen LogP contribution is -2.42. The van der Waals surface area contributed by atoms with Crippen molar-refractivity contribution in [1.29, 1.82) is 0 Å². The molecule has 1 aliphatic rings. The molecule has 1 atom stereocenters. The van der Waals surface area contributed by atoms with Crippen LogP contribution in [0.15, 0.2) is 4.52 Å². The Morgan fingerprint density at radius 3 is 3.00 bits per heavy atom. The first kappa shape index (κ1) is 12.9. The molecule has 1 aliphatic heterocycles. The van der Waals surface area contributed by atoms with Crippen molar-refractivity contribution >= 4 is 6.03 Å². The van der Waals surface area contributed by atoms with Gasteiger partial charge in [-0.15, -0.1) is 0 Å². The van der Waals surface area contributed by atoms with Crippen LogP contribution in [0, 0.1) is 6.92 Å². The van der Waals surface area contributed by atoms with E-state index in [-0.39, 0.29) is 12.1 Å². The summed E-state index contributed by atoms with van der Waals surface area (Å²) in [5, 5.41) is 6.82. The van der Waals surface area contributed by atoms with Crippen molar-refractivity contribution < 1.29 is 9.32 Å². The van der Waals surface area contributed by atoms with Crippen molar-refractivity contribution in [3.63, 3.8) is 0 Å². The Labute approximate surface area is 107 Å². The van der Waals surface area contributed by atoms with Gasteiger partial charge in [0.25, 0.3) is 0 Å². The van der Waals surface area contributed by atoms with E-state index in [4.69, 9.17) is 4.52 Å². The first-order valence-corrected chi connectivity index (χ1v) is 6.57. The first-order chi connectivity index (χ1) is 8.72.